The highest BCUT2D eigenvalue weighted by Crippen LogP contribution is 2.48. The van der Waals surface area contributed by atoms with Crippen LogP contribution in [0.2, 0.25) is 0 Å². The maximum absolute atomic E-state index is 12.7. The van der Waals surface area contributed by atoms with Gasteiger partial charge in [-0.3, -0.25) is 4.79 Å². The summed E-state index contributed by atoms with van der Waals surface area (Å²) in [6.45, 7) is 4.13. The number of nitrogens with zero attached hydrogens (tertiary/aromatic N) is 1. The van der Waals surface area contributed by atoms with Crippen molar-refractivity contribution in [2.45, 2.75) is 25.3 Å². The van der Waals surface area contributed by atoms with Crippen LogP contribution in [0, 0.1) is 29.6 Å². The van der Waals surface area contributed by atoms with Gasteiger partial charge in [-0.15, -0.1) is 0 Å². The minimum absolute atomic E-state index is 0.148. The van der Waals surface area contributed by atoms with E-state index in [1.54, 1.807) is 0 Å². The molecule has 4 heteroatoms. The first-order valence-corrected chi connectivity index (χ1v) is 7.49. The van der Waals surface area contributed by atoms with Crippen LogP contribution in [0.25, 0.3) is 0 Å². The first-order chi connectivity index (χ1) is 8.74. The summed E-state index contributed by atoms with van der Waals surface area (Å²) in [4.78, 5) is 14.8. The molecule has 6 atom stereocenters. The Morgan fingerprint density at radius 2 is 1.72 bits per heavy atom. The molecule has 4 rings (SSSR count). The van der Waals surface area contributed by atoms with Crippen molar-refractivity contribution in [3.8, 4) is 0 Å². The molecule has 4 unspecified atom stereocenters. The first-order valence-electron chi connectivity index (χ1n) is 7.49. The van der Waals surface area contributed by atoms with E-state index in [-0.39, 0.29) is 12.0 Å². The highest BCUT2D eigenvalue weighted by atomic mass is 16.2. The Kier molecular flexibility index (Phi) is 2.46. The second-order valence-corrected chi connectivity index (χ2v) is 6.86. The summed E-state index contributed by atoms with van der Waals surface area (Å²) in [5.41, 5.74) is 6.29. The molecule has 0 aromatic carbocycles. The number of nitrogens with one attached hydrogen (secondary N) is 1. The van der Waals surface area contributed by atoms with E-state index >= 15 is 0 Å². The molecule has 2 saturated carbocycles. The van der Waals surface area contributed by atoms with E-state index in [2.05, 4.69) is 10.2 Å². The molecule has 2 heterocycles. The van der Waals surface area contributed by atoms with E-state index in [0.717, 1.165) is 26.2 Å². The fourth-order valence-corrected chi connectivity index (χ4v) is 4.95. The molecular weight excluding hydrogens is 226 g/mol. The molecule has 0 aromatic heterocycles. The Morgan fingerprint density at radius 1 is 1.06 bits per heavy atom. The molecule has 2 saturated heterocycles. The van der Waals surface area contributed by atoms with Crippen LogP contribution in [-0.4, -0.2) is 43.0 Å². The predicted octanol–water partition coefficient (Wildman–Crippen LogP) is 0.0376. The van der Waals surface area contributed by atoms with Gasteiger partial charge in [0.05, 0.1) is 5.92 Å². The maximum Gasteiger partial charge on any atom is 0.227 e. The molecule has 4 nitrogen and oxygen atoms in total. The maximum atomic E-state index is 12.7. The molecule has 0 spiro atoms. The number of hydrogen-bond donors (Lipinski definition) is 2. The van der Waals surface area contributed by atoms with Gasteiger partial charge in [0.2, 0.25) is 5.91 Å². The Bertz CT molecular complexity index is 358. The number of likely N-dealkylation sites (tertiary alicyclic amines) is 1. The van der Waals surface area contributed by atoms with Crippen molar-refractivity contribution in [1.29, 1.82) is 0 Å². The highest BCUT2D eigenvalue weighted by molar-refractivity contribution is 5.81. The number of carbonyl (C=O) groups is 1. The Balaban J connectivity index is 1.48. The third-order valence-corrected chi connectivity index (χ3v) is 5.97. The fraction of sp³-hybridized carbons (Fsp3) is 0.929. The van der Waals surface area contributed by atoms with E-state index in [0.29, 0.717) is 29.6 Å². The van der Waals surface area contributed by atoms with Crippen molar-refractivity contribution in [2.75, 3.05) is 26.2 Å². The molecule has 100 valence electrons. The third kappa shape index (κ3) is 1.48. The average molecular weight is 249 g/mol. The molecule has 0 aromatic rings. The van der Waals surface area contributed by atoms with Gasteiger partial charge in [0.25, 0.3) is 0 Å². The Labute approximate surface area is 108 Å². The topological polar surface area (TPSA) is 58.4 Å². The van der Waals surface area contributed by atoms with E-state index < -0.39 is 0 Å². The van der Waals surface area contributed by atoms with Crippen molar-refractivity contribution in [3.05, 3.63) is 0 Å². The van der Waals surface area contributed by atoms with Crippen molar-refractivity contribution in [2.24, 2.45) is 35.3 Å². The number of hydrogen-bond acceptors (Lipinski definition) is 3. The SMILES string of the molecule is NC1C2CCC(C2)C1C(=O)N1C[C@H]2CNC[C@H]2C1. The van der Waals surface area contributed by atoms with Crippen molar-refractivity contribution >= 4 is 5.91 Å². The lowest BCUT2D eigenvalue weighted by atomic mass is 9.84. The van der Waals surface area contributed by atoms with Crippen LogP contribution < -0.4 is 11.1 Å². The predicted molar refractivity (Wildman–Crippen MR) is 68.7 cm³/mol. The van der Waals surface area contributed by atoms with Gasteiger partial charge < -0.3 is 16.0 Å². The molecule has 1 amide bonds. The number of carbonyl (C=O) groups excluding carboxylic acids is 1. The van der Waals surface area contributed by atoms with Crippen LogP contribution in [0.4, 0.5) is 0 Å². The van der Waals surface area contributed by atoms with E-state index in [1.807, 2.05) is 0 Å². The van der Waals surface area contributed by atoms with Gasteiger partial charge in [-0.05, 0) is 42.9 Å². The fourth-order valence-electron chi connectivity index (χ4n) is 4.95. The minimum Gasteiger partial charge on any atom is -0.342 e. The smallest absolute Gasteiger partial charge is 0.227 e. The molecule has 4 aliphatic rings. The van der Waals surface area contributed by atoms with Crippen LogP contribution in [-0.2, 0) is 4.79 Å². The monoisotopic (exact) mass is 249 g/mol. The summed E-state index contributed by atoms with van der Waals surface area (Å²) in [5, 5.41) is 3.43. The number of rotatable bonds is 1. The summed E-state index contributed by atoms with van der Waals surface area (Å²) >= 11 is 0. The normalized spacial score (nSPS) is 49.9. The van der Waals surface area contributed by atoms with Gasteiger partial charge in [0, 0.05) is 32.2 Å². The van der Waals surface area contributed by atoms with E-state index in [9.17, 15) is 4.79 Å². The zero-order valence-corrected chi connectivity index (χ0v) is 10.8. The summed E-state index contributed by atoms with van der Waals surface area (Å²) in [6, 6.07) is 0.148. The molecule has 2 aliphatic carbocycles. The molecule has 3 N–H and O–H groups in total. The molecule has 18 heavy (non-hydrogen) atoms. The van der Waals surface area contributed by atoms with Gasteiger partial charge >= 0.3 is 0 Å². The van der Waals surface area contributed by atoms with Gasteiger partial charge in [-0.25, -0.2) is 0 Å². The standard InChI is InChI=1S/C14H23N3O/c15-13-9-2-1-8(3-9)12(13)14(18)17-6-10-4-16-5-11(10)7-17/h8-13,16H,1-7,15H2/t8?,9?,10-,11+,12?,13?. The number of amides is 1. The van der Waals surface area contributed by atoms with Crippen molar-refractivity contribution in [3.63, 3.8) is 0 Å². The van der Waals surface area contributed by atoms with Crippen LogP contribution in [0.3, 0.4) is 0 Å². The number of nitrogens with two attached hydrogens (primary N) is 1. The molecule has 0 radical (unpaired) electrons. The molecule has 2 aliphatic heterocycles. The van der Waals surface area contributed by atoms with Gasteiger partial charge in [0.15, 0.2) is 0 Å². The van der Waals surface area contributed by atoms with Crippen molar-refractivity contribution < 1.29 is 4.79 Å². The summed E-state index contributed by atoms with van der Waals surface area (Å²) in [6.07, 6.45) is 3.70. The minimum atomic E-state index is 0.148. The van der Waals surface area contributed by atoms with Crippen LogP contribution in [0.1, 0.15) is 19.3 Å². The second-order valence-electron chi connectivity index (χ2n) is 6.86. The zero-order valence-electron chi connectivity index (χ0n) is 10.8. The summed E-state index contributed by atoms with van der Waals surface area (Å²) in [5.74, 6) is 3.15. The lowest BCUT2D eigenvalue weighted by Gasteiger charge is -2.31. The van der Waals surface area contributed by atoms with Crippen LogP contribution in [0.15, 0.2) is 0 Å². The highest BCUT2D eigenvalue weighted by Gasteiger charge is 2.51. The van der Waals surface area contributed by atoms with Gasteiger partial charge in [0.1, 0.15) is 0 Å². The first kappa shape index (κ1) is 11.2. The molecular formula is C14H23N3O. The molecule has 2 bridgehead atoms. The Morgan fingerprint density at radius 3 is 2.33 bits per heavy atom. The second kappa shape index (κ2) is 3.94. The largest absolute Gasteiger partial charge is 0.342 e. The van der Waals surface area contributed by atoms with Gasteiger partial charge in [-0.1, -0.05) is 0 Å². The zero-order chi connectivity index (χ0) is 12.3. The molecule has 4 fully saturated rings. The summed E-state index contributed by atoms with van der Waals surface area (Å²) in [7, 11) is 0. The quantitative estimate of drug-likeness (QED) is 0.690. The van der Waals surface area contributed by atoms with Crippen molar-refractivity contribution in [1.82, 2.24) is 10.2 Å². The summed E-state index contributed by atoms with van der Waals surface area (Å²) < 4.78 is 0. The average Bonchev–Trinajstić information content (AvgIpc) is 3.07. The third-order valence-electron chi connectivity index (χ3n) is 5.97. The van der Waals surface area contributed by atoms with Crippen LogP contribution in [0.5, 0.6) is 0 Å². The van der Waals surface area contributed by atoms with Crippen LogP contribution >= 0.6 is 0 Å². The lowest BCUT2D eigenvalue weighted by molar-refractivity contribution is -0.137. The van der Waals surface area contributed by atoms with E-state index in [4.69, 9.17) is 5.73 Å². The lowest BCUT2D eigenvalue weighted by Crippen LogP contribution is -2.47. The number of fused-ring (bicyclic) bond motifs is 3. The van der Waals surface area contributed by atoms with Gasteiger partial charge in [-0.2, -0.15) is 0 Å². The Hall–Kier alpha value is -0.610. The van der Waals surface area contributed by atoms with E-state index in [1.165, 1.54) is 19.3 Å².